The predicted octanol–water partition coefficient (Wildman–Crippen LogP) is 4.06. The lowest BCUT2D eigenvalue weighted by molar-refractivity contribution is -0.0691. The summed E-state index contributed by atoms with van der Waals surface area (Å²) in [5.74, 6) is -1.07. The lowest BCUT2D eigenvalue weighted by atomic mass is 10.2. The van der Waals surface area contributed by atoms with E-state index in [0.29, 0.717) is 11.4 Å². The van der Waals surface area contributed by atoms with Crippen LogP contribution in [0.4, 0.5) is 28.9 Å². The van der Waals surface area contributed by atoms with Crippen LogP contribution in [-0.4, -0.2) is 34.9 Å². The van der Waals surface area contributed by atoms with Crippen LogP contribution in [-0.2, 0) is 9.84 Å². The molecule has 26 heavy (non-hydrogen) atoms. The van der Waals surface area contributed by atoms with Crippen molar-refractivity contribution < 1.29 is 35.5 Å². The molecule has 142 valence electrons. The van der Waals surface area contributed by atoms with Gasteiger partial charge in [0.1, 0.15) is 0 Å². The molecule has 0 heterocycles. The SMILES string of the molecule is CN(c1ccc(S(C)(=O)=O)cc1)c1ccc(OC(F)F)c(OC(F)F)c1. The molecule has 2 rings (SSSR count). The van der Waals surface area contributed by atoms with Crippen molar-refractivity contribution >= 4 is 21.2 Å². The van der Waals surface area contributed by atoms with E-state index in [1.54, 1.807) is 7.05 Å². The second-order valence-corrected chi connectivity index (χ2v) is 7.23. The first kappa shape index (κ1) is 19.8. The molecule has 0 bridgehead atoms. The molecule has 0 spiro atoms. The minimum atomic E-state index is -3.36. The van der Waals surface area contributed by atoms with E-state index in [9.17, 15) is 26.0 Å². The van der Waals surface area contributed by atoms with E-state index in [4.69, 9.17) is 0 Å². The van der Waals surface area contributed by atoms with Gasteiger partial charge in [-0.1, -0.05) is 0 Å². The average Bonchev–Trinajstić information content (AvgIpc) is 2.54. The van der Waals surface area contributed by atoms with Crippen molar-refractivity contribution in [3.8, 4) is 11.5 Å². The molecule has 0 unspecified atom stereocenters. The van der Waals surface area contributed by atoms with E-state index in [0.717, 1.165) is 18.4 Å². The highest BCUT2D eigenvalue weighted by Gasteiger charge is 2.17. The predicted molar refractivity (Wildman–Crippen MR) is 87.3 cm³/mol. The van der Waals surface area contributed by atoms with Crippen LogP contribution in [0.15, 0.2) is 47.4 Å². The standard InChI is InChI=1S/C16H15F4NO4S/c1-21(10-3-6-12(7-4-10)26(2,22)23)11-5-8-13(24-15(17)18)14(9-11)25-16(19)20/h3-9,15-16H,1-2H3. The Labute approximate surface area is 147 Å². The van der Waals surface area contributed by atoms with Gasteiger partial charge in [0.15, 0.2) is 21.3 Å². The lowest BCUT2D eigenvalue weighted by Crippen LogP contribution is -2.12. The summed E-state index contributed by atoms with van der Waals surface area (Å²) in [6, 6.07) is 9.41. The molecule has 10 heteroatoms. The van der Waals surface area contributed by atoms with E-state index >= 15 is 0 Å². The molecule has 0 aromatic heterocycles. The normalized spacial score (nSPS) is 11.7. The molecular formula is C16H15F4NO4S. The summed E-state index contributed by atoms with van der Waals surface area (Å²) in [5, 5.41) is 0. The molecule has 0 aliphatic heterocycles. The number of sulfone groups is 1. The number of benzene rings is 2. The topological polar surface area (TPSA) is 55.8 Å². The third-order valence-corrected chi connectivity index (χ3v) is 4.53. The fraction of sp³-hybridized carbons (Fsp3) is 0.250. The van der Waals surface area contributed by atoms with Crippen LogP contribution in [0.3, 0.4) is 0 Å². The molecule has 5 nitrogen and oxygen atoms in total. The lowest BCUT2D eigenvalue weighted by Gasteiger charge is -2.21. The largest absolute Gasteiger partial charge is 0.431 e. The second kappa shape index (κ2) is 7.81. The number of alkyl halides is 4. The first-order valence-corrected chi connectivity index (χ1v) is 9.04. The summed E-state index contributed by atoms with van der Waals surface area (Å²) < 4.78 is 81.1. The second-order valence-electron chi connectivity index (χ2n) is 5.21. The van der Waals surface area contributed by atoms with E-state index in [1.807, 2.05) is 0 Å². The Hall–Kier alpha value is -2.49. The molecule has 0 radical (unpaired) electrons. The van der Waals surface area contributed by atoms with Gasteiger partial charge in [-0.05, 0) is 36.4 Å². The van der Waals surface area contributed by atoms with E-state index in [-0.39, 0.29) is 4.90 Å². The molecular weight excluding hydrogens is 378 g/mol. The highest BCUT2D eigenvalue weighted by Crippen LogP contribution is 2.36. The Balaban J connectivity index is 2.34. The van der Waals surface area contributed by atoms with Crippen molar-refractivity contribution in [2.24, 2.45) is 0 Å². The van der Waals surface area contributed by atoms with Gasteiger partial charge in [-0.25, -0.2) is 8.42 Å². The first-order valence-electron chi connectivity index (χ1n) is 7.15. The van der Waals surface area contributed by atoms with Crippen LogP contribution in [0, 0.1) is 0 Å². The fourth-order valence-corrected chi connectivity index (χ4v) is 2.78. The van der Waals surface area contributed by atoms with Crippen molar-refractivity contribution in [3.63, 3.8) is 0 Å². The third kappa shape index (κ3) is 5.01. The van der Waals surface area contributed by atoms with Crippen molar-refractivity contribution in [3.05, 3.63) is 42.5 Å². The summed E-state index contributed by atoms with van der Waals surface area (Å²) in [4.78, 5) is 1.66. The summed E-state index contributed by atoms with van der Waals surface area (Å²) in [5.41, 5.74) is 0.886. The Morgan fingerprint density at radius 3 is 1.85 bits per heavy atom. The third-order valence-electron chi connectivity index (χ3n) is 3.40. The zero-order valence-corrected chi connectivity index (χ0v) is 14.5. The van der Waals surface area contributed by atoms with Gasteiger partial charge in [0.2, 0.25) is 0 Å². The first-order chi connectivity index (χ1) is 12.1. The molecule has 0 aliphatic rings. The maximum Gasteiger partial charge on any atom is 0.387 e. The van der Waals surface area contributed by atoms with Crippen LogP contribution >= 0.6 is 0 Å². The summed E-state index contributed by atoms with van der Waals surface area (Å²) in [6.45, 7) is -6.41. The molecule has 0 saturated carbocycles. The van der Waals surface area contributed by atoms with E-state index in [2.05, 4.69) is 9.47 Å². The quantitative estimate of drug-likeness (QED) is 0.664. The van der Waals surface area contributed by atoms with Gasteiger partial charge in [-0.3, -0.25) is 0 Å². The van der Waals surface area contributed by atoms with Crippen LogP contribution in [0.25, 0.3) is 0 Å². The zero-order chi connectivity index (χ0) is 19.5. The highest BCUT2D eigenvalue weighted by molar-refractivity contribution is 7.90. The molecule has 0 amide bonds. The number of anilines is 2. The average molecular weight is 393 g/mol. The van der Waals surface area contributed by atoms with Gasteiger partial charge in [0, 0.05) is 30.7 Å². The molecule has 0 fully saturated rings. The Morgan fingerprint density at radius 2 is 1.35 bits per heavy atom. The minimum Gasteiger partial charge on any atom is -0.431 e. The Kier molecular flexibility index (Phi) is 5.96. The smallest absolute Gasteiger partial charge is 0.387 e. The van der Waals surface area contributed by atoms with Crippen LogP contribution in [0.2, 0.25) is 0 Å². The Morgan fingerprint density at radius 1 is 0.846 bits per heavy atom. The number of nitrogens with zero attached hydrogens (tertiary/aromatic N) is 1. The molecule has 0 N–H and O–H groups in total. The van der Waals surface area contributed by atoms with Crippen LogP contribution in [0.5, 0.6) is 11.5 Å². The number of hydrogen-bond donors (Lipinski definition) is 0. The summed E-state index contributed by atoms with van der Waals surface area (Å²) >= 11 is 0. The van der Waals surface area contributed by atoms with Crippen LogP contribution < -0.4 is 14.4 Å². The minimum absolute atomic E-state index is 0.122. The van der Waals surface area contributed by atoms with Crippen molar-refractivity contribution in [2.75, 3.05) is 18.2 Å². The molecule has 2 aromatic carbocycles. The molecule has 0 atom stereocenters. The maximum absolute atomic E-state index is 12.5. The summed E-state index contributed by atoms with van der Waals surface area (Å²) in [6.07, 6.45) is 1.07. The monoisotopic (exact) mass is 393 g/mol. The van der Waals surface area contributed by atoms with Gasteiger partial charge < -0.3 is 14.4 Å². The highest BCUT2D eigenvalue weighted by atomic mass is 32.2. The molecule has 0 saturated heterocycles. The number of ether oxygens (including phenoxy) is 2. The fourth-order valence-electron chi connectivity index (χ4n) is 2.15. The molecule has 0 aliphatic carbocycles. The van der Waals surface area contributed by atoms with Gasteiger partial charge in [0.25, 0.3) is 0 Å². The van der Waals surface area contributed by atoms with Crippen molar-refractivity contribution in [2.45, 2.75) is 18.1 Å². The Bertz CT molecular complexity index is 857. The van der Waals surface area contributed by atoms with Gasteiger partial charge in [0.05, 0.1) is 4.90 Å². The summed E-state index contributed by atoms with van der Waals surface area (Å²) in [7, 11) is -1.77. The van der Waals surface area contributed by atoms with Gasteiger partial charge in [-0.15, -0.1) is 0 Å². The number of halogens is 4. The number of hydrogen-bond acceptors (Lipinski definition) is 5. The van der Waals surface area contributed by atoms with Crippen LogP contribution in [0.1, 0.15) is 0 Å². The van der Waals surface area contributed by atoms with Crippen molar-refractivity contribution in [1.29, 1.82) is 0 Å². The number of rotatable bonds is 7. The maximum atomic E-state index is 12.5. The zero-order valence-electron chi connectivity index (χ0n) is 13.7. The van der Waals surface area contributed by atoms with Crippen molar-refractivity contribution in [1.82, 2.24) is 0 Å². The van der Waals surface area contributed by atoms with Gasteiger partial charge >= 0.3 is 13.2 Å². The molecule has 2 aromatic rings. The van der Waals surface area contributed by atoms with E-state index < -0.39 is 34.6 Å². The van der Waals surface area contributed by atoms with Gasteiger partial charge in [-0.2, -0.15) is 17.6 Å². The van der Waals surface area contributed by atoms with E-state index in [1.165, 1.54) is 35.2 Å².